The maximum absolute atomic E-state index is 4.28. The van der Waals surface area contributed by atoms with Gasteiger partial charge in [-0.2, -0.15) is 0 Å². The second-order valence-electron chi connectivity index (χ2n) is 4.35. The zero-order valence-electron chi connectivity index (χ0n) is 9.13. The van der Waals surface area contributed by atoms with Crippen molar-refractivity contribution in [2.45, 2.75) is 25.7 Å². The molecule has 5 nitrogen and oxygen atoms in total. The van der Waals surface area contributed by atoms with Crippen LogP contribution in [-0.2, 0) is 0 Å². The normalized spacial score (nSPS) is 15.5. The third-order valence-electron chi connectivity index (χ3n) is 2.99. The summed E-state index contributed by atoms with van der Waals surface area (Å²) in [5, 5.41) is 11.2. The van der Waals surface area contributed by atoms with E-state index in [0.717, 1.165) is 23.9 Å². The minimum Gasteiger partial charge on any atom is -0.367 e. The molecule has 1 aliphatic rings. The highest BCUT2D eigenvalue weighted by atomic mass is 15.2. The topological polar surface area (TPSA) is 55.1 Å². The van der Waals surface area contributed by atoms with Crippen molar-refractivity contribution in [3.63, 3.8) is 0 Å². The Morgan fingerprint density at radius 3 is 3.25 bits per heavy atom. The van der Waals surface area contributed by atoms with Crippen molar-refractivity contribution in [1.82, 2.24) is 19.6 Å². The largest absolute Gasteiger partial charge is 0.367 e. The van der Waals surface area contributed by atoms with Crippen molar-refractivity contribution in [1.29, 1.82) is 0 Å². The molecule has 0 spiro atoms. The standard InChI is InChI=1S/C11H15N5/c1(2-9-3-4-9)5-12-10-11-15-14-8-16(11)7-6-13-10/h6-9H,1-5H2,(H,12,13). The Balaban J connectivity index is 1.61. The summed E-state index contributed by atoms with van der Waals surface area (Å²) in [7, 11) is 0. The molecule has 84 valence electrons. The fourth-order valence-corrected chi connectivity index (χ4v) is 1.89. The Kier molecular flexibility index (Phi) is 2.44. The van der Waals surface area contributed by atoms with Crippen molar-refractivity contribution in [3.8, 4) is 0 Å². The molecule has 0 aliphatic heterocycles. The summed E-state index contributed by atoms with van der Waals surface area (Å²) in [4.78, 5) is 4.28. The summed E-state index contributed by atoms with van der Waals surface area (Å²) in [6, 6.07) is 0. The van der Waals surface area contributed by atoms with Gasteiger partial charge < -0.3 is 5.32 Å². The van der Waals surface area contributed by atoms with Crippen molar-refractivity contribution in [3.05, 3.63) is 18.7 Å². The van der Waals surface area contributed by atoms with Gasteiger partial charge in [-0.25, -0.2) is 4.98 Å². The second kappa shape index (κ2) is 4.08. The van der Waals surface area contributed by atoms with Crippen LogP contribution in [-0.4, -0.2) is 26.1 Å². The van der Waals surface area contributed by atoms with Crippen molar-refractivity contribution in [2.24, 2.45) is 5.92 Å². The van der Waals surface area contributed by atoms with E-state index in [2.05, 4.69) is 20.5 Å². The average molecular weight is 217 g/mol. The zero-order chi connectivity index (χ0) is 10.8. The van der Waals surface area contributed by atoms with Gasteiger partial charge in [0.25, 0.3) is 0 Å². The minimum atomic E-state index is 0.800. The second-order valence-corrected chi connectivity index (χ2v) is 4.35. The van der Waals surface area contributed by atoms with Crippen LogP contribution < -0.4 is 5.32 Å². The number of nitrogens with zero attached hydrogens (tertiary/aromatic N) is 4. The first kappa shape index (κ1) is 9.57. The first-order valence-corrected chi connectivity index (χ1v) is 5.82. The first-order valence-electron chi connectivity index (χ1n) is 5.82. The minimum absolute atomic E-state index is 0.800. The molecule has 1 fully saturated rings. The Hall–Kier alpha value is -1.65. The van der Waals surface area contributed by atoms with Crippen molar-refractivity contribution < 1.29 is 0 Å². The Morgan fingerprint density at radius 1 is 1.44 bits per heavy atom. The smallest absolute Gasteiger partial charge is 0.203 e. The highest BCUT2D eigenvalue weighted by molar-refractivity contribution is 5.61. The Labute approximate surface area is 93.9 Å². The molecular formula is C11H15N5. The van der Waals surface area contributed by atoms with E-state index in [-0.39, 0.29) is 0 Å². The highest BCUT2D eigenvalue weighted by Gasteiger charge is 2.19. The van der Waals surface area contributed by atoms with E-state index in [1.807, 2.05) is 10.6 Å². The molecule has 1 aliphatic carbocycles. The predicted molar refractivity (Wildman–Crippen MR) is 61.2 cm³/mol. The molecule has 0 unspecified atom stereocenters. The number of anilines is 1. The van der Waals surface area contributed by atoms with Crippen LogP contribution in [0.4, 0.5) is 5.82 Å². The summed E-state index contributed by atoms with van der Waals surface area (Å²) in [5.41, 5.74) is 0.800. The fourth-order valence-electron chi connectivity index (χ4n) is 1.89. The lowest BCUT2D eigenvalue weighted by molar-refractivity contribution is 0.686. The summed E-state index contributed by atoms with van der Waals surface area (Å²) in [6.07, 6.45) is 10.7. The van der Waals surface area contributed by atoms with Crippen LogP contribution in [0.3, 0.4) is 0 Å². The average Bonchev–Trinajstić information content (AvgIpc) is 3.00. The number of aromatic nitrogens is 4. The van der Waals surface area contributed by atoms with Gasteiger partial charge in [0, 0.05) is 18.9 Å². The molecular weight excluding hydrogens is 202 g/mol. The first-order chi connectivity index (χ1) is 7.93. The molecule has 2 aromatic heterocycles. The number of hydrogen-bond acceptors (Lipinski definition) is 4. The van der Waals surface area contributed by atoms with Gasteiger partial charge in [-0.15, -0.1) is 10.2 Å². The van der Waals surface area contributed by atoms with Crippen LogP contribution in [0.25, 0.3) is 5.65 Å². The SMILES string of the molecule is c1cn2cnnc2c(NCCCC2CC2)n1. The van der Waals surface area contributed by atoms with E-state index in [4.69, 9.17) is 0 Å². The lowest BCUT2D eigenvalue weighted by Crippen LogP contribution is -2.05. The predicted octanol–water partition coefficient (Wildman–Crippen LogP) is 1.73. The van der Waals surface area contributed by atoms with Crippen LogP contribution in [0.5, 0.6) is 0 Å². The number of hydrogen-bond donors (Lipinski definition) is 1. The van der Waals surface area contributed by atoms with E-state index < -0.39 is 0 Å². The van der Waals surface area contributed by atoms with Gasteiger partial charge in [-0.05, 0) is 18.8 Å². The molecule has 3 rings (SSSR count). The van der Waals surface area contributed by atoms with Crippen LogP contribution in [0.2, 0.25) is 0 Å². The molecule has 0 amide bonds. The van der Waals surface area contributed by atoms with E-state index >= 15 is 0 Å². The summed E-state index contributed by atoms with van der Waals surface area (Å²) < 4.78 is 1.87. The number of fused-ring (bicyclic) bond motifs is 1. The lowest BCUT2D eigenvalue weighted by atomic mass is 10.2. The summed E-state index contributed by atoms with van der Waals surface area (Å²) >= 11 is 0. The molecule has 0 aromatic carbocycles. The van der Waals surface area contributed by atoms with Gasteiger partial charge in [0.15, 0.2) is 5.82 Å². The van der Waals surface area contributed by atoms with Gasteiger partial charge in [-0.1, -0.05) is 12.8 Å². The third kappa shape index (κ3) is 1.98. The summed E-state index contributed by atoms with van der Waals surface area (Å²) in [5.74, 6) is 1.83. The van der Waals surface area contributed by atoms with Crippen LogP contribution in [0.15, 0.2) is 18.7 Å². The van der Waals surface area contributed by atoms with E-state index in [1.54, 1.807) is 12.5 Å². The van der Waals surface area contributed by atoms with Crippen LogP contribution >= 0.6 is 0 Å². The molecule has 5 heteroatoms. The third-order valence-corrected chi connectivity index (χ3v) is 2.99. The molecule has 1 saturated carbocycles. The summed E-state index contributed by atoms with van der Waals surface area (Å²) in [6.45, 7) is 0.968. The molecule has 16 heavy (non-hydrogen) atoms. The number of nitrogens with one attached hydrogen (secondary N) is 1. The van der Waals surface area contributed by atoms with Gasteiger partial charge >= 0.3 is 0 Å². The maximum Gasteiger partial charge on any atom is 0.203 e. The van der Waals surface area contributed by atoms with Gasteiger partial charge in [0.2, 0.25) is 5.65 Å². The van der Waals surface area contributed by atoms with E-state index in [9.17, 15) is 0 Å². The van der Waals surface area contributed by atoms with E-state index in [0.29, 0.717) is 0 Å². The molecule has 2 heterocycles. The number of rotatable bonds is 5. The Bertz CT molecular complexity index is 474. The van der Waals surface area contributed by atoms with Gasteiger partial charge in [0.05, 0.1) is 0 Å². The van der Waals surface area contributed by atoms with Crippen LogP contribution in [0.1, 0.15) is 25.7 Å². The molecule has 1 N–H and O–H groups in total. The molecule has 0 saturated heterocycles. The molecule has 0 radical (unpaired) electrons. The van der Waals surface area contributed by atoms with Crippen molar-refractivity contribution >= 4 is 11.5 Å². The highest BCUT2D eigenvalue weighted by Crippen LogP contribution is 2.33. The van der Waals surface area contributed by atoms with Gasteiger partial charge in [-0.3, -0.25) is 4.40 Å². The van der Waals surface area contributed by atoms with Crippen molar-refractivity contribution in [2.75, 3.05) is 11.9 Å². The maximum atomic E-state index is 4.28. The monoisotopic (exact) mass is 217 g/mol. The molecule has 0 atom stereocenters. The zero-order valence-corrected chi connectivity index (χ0v) is 9.13. The Morgan fingerprint density at radius 2 is 2.38 bits per heavy atom. The van der Waals surface area contributed by atoms with Gasteiger partial charge in [0.1, 0.15) is 6.33 Å². The quantitative estimate of drug-likeness (QED) is 0.775. The van der Waals surface area contributed by atoms with E-state index in [1.165, 1.54) is 25.7 Å². The molecule has 2 aromatic rings. The van der Waals surface area contributed by atoms with Crippen LogP contribution in [0, 0.1) is 5.92 Å². The molecule has 0 bridgehead atoms. The lowest BCUT2D eigenvalue weighted by Gasteiger charge is -2.05. The fraction of sp³-hybridized carbons (Fsp3) is 0.545.